The first kappa shape index (κ1) is 24.1. The number of nitrogens with one attached hydrogen (secondary N) is 2. The van der Waals surface area contributed by atoms with E-state index in [0.29, 0.717) is 22.5 Å². The second kappa shape index (κ2) is 9.13. The van der Waals surface area contributed by atoms with Gasteiger partial charge >= 0.3 is 5.63 Å². The van der Waals surface area contributed by atoms with Gasteiger partial charge in [-0.25, -0.2) is 13.2 Å². The van der Waals surface area contributed by atoms with Crippen LogP contribution in [-0.2, 0) is 34.1 Å². The van der Waals surface area contributed by atoms with E-state index >= 15 is 0 Å². The van der Waals surface area contributed by atoms with Crippen molar-refractivity contribution in [3.8, 4) is 0 Å². The maximum Gasteiger partial charge on any atom is 0.339 e. The molecule has 0 bridgehead atoms. The topological polar surface area (TPSA) is 119 Å². The summed E-state index contributed by atoms with van der Waals surface area (Å²) in [4.78, 5) is 25.4. The summed E-state index contributed by atoms with van der Waals surface area (Å²) in [5.74, 6) is 0.778. The molecule has 0 radical (unpaired) electrons. The van der Waals surface area contributed by atoms with E-state index in [1.165, 1.54) is 5.56 Å². The normalized spacial score (nSPS) is 13.6. The average molecular weight is 509 g/mol. The summed E-state index contributed by atoms with van der Waals surface area (Å²) in [6.07, 6.45) is 5.59. The Kier molecular flexibility index (Phi) is 6.12. The zero-order chi connectivity index (χ0) is 25.6. The molecule has 5 rings (SSSR count). The van der Waals surface area contributed by atoms with Crippen molar-refractivity contribution in [1.29, 1.82) is 0 Å². The van der Waals surface area contributed by atoms with Crippen LogP contribution in [0.1, 0.15) is 47.3 Å². The molecular formula is C27H28N2O6S. The fraction of sp³-hybridized carbons (Fsp3) is 0.333. The molecule has 188 valence electrons. The molecule has 4 aromatic rings. The van der Waals surface area contributed by atoms with Crippen molar-refractivity contribution in [3.63, 3.8) is 0 Å². The van der Waals surface area contributed by atoms with Gasteiger partial charge in [-0.2, -0.15) is 0 Å². The lowest BCUT2D eigenvalue weighted by atomic mass is 9.93. The molecule has 1 amide bonds. The summed E-state index contributed by atoms with van der Waals surface area (Å²) in [6.45, 7) is 3.82. The number of carbonyl (C=O) groups excluding carboxylic acids is 1. The molecule has 0 aliphatic heterocycles. The van der Waals surface area contributed by atoms with Gasteiger partial charge in [0.1, 0.15) is 16.9 Å². The van der Waals surface area contributed by atoms with E-state index in [4.69, 9.17) is 8.83 Å². The van der Waals surface area contributed by atoms with Crippen LogP contribution in [0, 0.1) is 13.8 Å². The maximum absolute atomic E-state index is 12.9. The highest BCUT2D eigenvalue weighted by Gasteiger charge is 2.23. The highest BCUT2D eigenvalue weighted by Crippen LogP contribution is 2.38. The summed E-state index contributed by atoms with van der Waals surface area (Å²) < 4.78 is 36.9. The van der Waals surface area contributed by atoms with Gasteiger partial charge in [0.25, 0.3) is 0 Å². The van der Waals surface area contributed by atoms with Crippen LogP contribution >= 0.6 is 0 Å². The molecule has 0 fully saturated rings. The standard InChI is InChI=1S/C27H28N2O6S/c1-15-19(12-13-24(30)28-17-8-10-18(11-9-17)29-36(3,32)33)27(31)35-25-16(2)26-22(14-21(15)25)20-6-4-5-7-23(20)34-26/h8-11,14,29H,4-7,12-13H2,1-3H3,(H,28,30). The number of furan rings is 1. The molecule has 0 atom stereocenters. The highest BCUT2D eigenvalue weighted by atomic mass is 32.2. The summed E-state index contributed by atoms with van der Waals surface area (Å²) in [5.41, 5.74) is 5.21. The number of amides is 1. The lowest BCUT2D eigenvalue weighted by Gasteiger charge is -2.11. The molecule has 2 heterocycles. The van der Waals surface area contributed by atoms with Crippen LogP contribution in [0.4, 0.5) is 11.4 Å². The fourth-order valence-electron chi connectivity index (χ4n) is 5.00. The van der Waals surface area contributed by atoms with Crippen LogP contribution in [0.15, 0.2) is 44.0 Å². The molecule has 9 heteroatoms. The van der Waals surface area contributed by atoms with Crippen molar-refractivity contribution in [2.75, 3.05) is 16.3 Å². The smallest absolute Gasteiger partial charge is 0.339 e. The summed E-state index contributed by atoms with van der Waals surface area (Å²) in [5, 5.41) is 4.74. The van der Waals surface area contributed by atoms with E-state index in [-0.39, 0.29) is 18.7 Å². The third-order valence-electron chi connectivity index (χ3n) is 6.80. The molecule has 2 N–H and O–H groups in total. The van der Waals surface area contributed by atoms with Crippen LogP contribution in [0.2, 0.25) is 0 Å². The Morgan fingerprint density at radius 1 is 0.944 bits per heavy atom. The monoisotopic (exact) mass is 508 g/mol. The van der Waals surface area contributed by atoms with Gasteiger partial charge in [0.15, 0.2) is 0 Å². The SMILES string of the molecule is Cc1c(CCC(=O)Nc2ccc(NS(C)(=O)=O)cc2)c(=O)oc2c(C)c3oc4c(c3cc12)CCCC4. The van der Waals surface area contributed by atoms with Crippen molar-refractivity contribution >= 4 is 49.2 Å². The zero-order valence-corrected chi connectivity index (χ0v) is 21.3. The predicted octanol–water partition coefficient (Wildman–Crippen LogP) is 4.98. The number of carbonyl (C=O) groups is 1. The Balaban J connectivity index is 1.38. The third kappa shape index (κ3) is 4.63. The Morgan fingerprint density at radius 2 is 1.61 bits per heavy atom. The minimum atomic E-state index is -3.37. The number of aryl methyl sites for hydroxylation is 4. The Hall–Kier alpha value is -3.59. The van der Waals surface area contributed by atoms with Gasteiger partial charge in [0.2, 0.25) is 15.9 Å². The number of benzene rings is 2. The first-order valence-corrected chi connectivity index (χ1v) is 13.9. The van der Waals surface area contributed by atoms with Crippen molar-refractivity contribution in [2.24, 2.45) is 0 Å². The van der Waals surface area contributed by atoms with Crippen LogP contribution in [0.5, 0.6) is 0 Å². The first-order chi connectivity index (χ1) is 17.1. The minimum absolute atomic E-state index is 0.1000. The van der Waals surface area contributed by atoms with Crippen molar-refractivity contribution in [3.05, 3.63) is 68.8 Å². The number of hydrogen-bond acceptors (Lipinski definition) is 6. The molecule has 2 aromatic carbocycles. The summed E-state index contributed by atoms with van der Waals surface area (Å²) >= 11 is 0. The largest absolute Gasteiger partial charge is 0.460 e. The van der Waals surface area contributed by atoms with E-state index in [0.717, 1.165) is 65.2 Å². The minimum Gasteiger partial charge on any atom is -0.460 e. The predicted molar refractivity (Wildman–Crippen MR) is 140 cm³/mol. The molecular weight excluding hydrogens is 480 g/mol. The number of hydrogen-bond donors (Lipinski definition) is 2. The molecule has 8 nitrogen and oxygen atoms in total. The van der Waals surface area contributed by atoms with Gasteiger partial charge in [-0.3, -0.25) is 9.52 Å². The number of sulfonamides is 1. The van der Waals surface area contributed by atoms with E-state index in [2.05, 4.69) is 16.1 Å². The van der Waals surface area contributed by atoms with Crippen molar-refractivity contribution < 1.29 is 22.0 Å². The van der Waals surface area contributed by atoms with Crippen molar-refractivity contribution in [2.45, 2.75) is 52.4 Å². The highest BCUT2D eigenvalue weighted by molar-refractivity contribution is 7.92. The van der Waals surface area contributed by atoms with E-state index in [1.807, 2.05) is 13.8 Å². The van der Waals surface area contributed by atoms with Gasteiger partial charge in [0, 0.05) is 51.7 Å². The second-order valence-electron chi connectivity index (χ2n) is 9.46. The average Bonchev–Trinajstić information content (AvgIpc) is 3.19. The molecule has 0 unspecified atom stereocenters. The van der Waals surface area contributed by atoms with Gasteiger partial charge in [-0.1, -0.05) is 0 Å². The number of anilines is 2. The molecule has 2 aromatic heterocycles. The van der Waals surface area contributed by atoms with Gasteiger partial charge in [-0.05, 0) is 75.4 Å². The third-order valence-corrected chi connectivity index (χ3v) is 7.40. The van der Waals surface area contributed by atoms with Crippen LogP contribution in [0.3, 0.4) is 0 Å². The molecule has 1 aliphatic carbocycles. The molecule has 0 saturated carbocycles. The quantitative estimate of drug-likeness (QED) is 0.355. The van der Waals surface area contributed by atoms with Gasteiger partial charge in [0.05, 0.1) is 6.26 Å². The van der Waals surface area contributed by atoms with E-state index in [9.17, 15) is 18.0 Å². The van der Waals surface area contributed by atoms with Gasteiger partial charge in [-0.15, -0.1) is 0 Å². The lowest BCUT2D eigenvalue weighted by Crippen LogP contribution is -2.17. The van der Waals surface area contributed by atoms with E-state index < -0.39 is 15.6 Å². The summed E-state index contributed by atoms with van der Waals surface area (Å²) in [7, 11) is -3.37. The Bertz CT molecular complexity index is 1660. The first-order valence-electron chi connectivity index (χ1n) is 12.0. The summed E-state index contributed by atoms with van der Waals surface area (Å²) in [6, 6.07) is 8.42. The van der Waals surface area contributed by atoms with Gasteiger partial charge < -0.3 is 14.2 Å². The molecule has 0 spiro atoms. The Labute approximate surface area is 208 Å². The van der Waals surface area contributed by atoms with Crippen molar-refractivity contribution in [1.82, 2.24) is 0 Å². The fourth-order valence-corrected chi connectivity index (χ4v) is 5.57. The zero-order valence-electron chi connectivity index (χ0n) is 20.5. The Morgan fingerprint density at radius 3 is 2.33 bits per heavy atom. The number of fused-ring (bicyclic) bond motifs is 4. The van der Waals surface area contributed by atoms with Crippen LogP contribution in [0.25, 0.3) is 21.9 Å². The molecule has 1 aliphatic rings. The maximum atomic E-state index is 12.9. The molecule has 0 saturated heterocycles. The van der Waals surface area contributed by atoms with E-state index in [1.54, 1.807) is 24.3 Å². The van der Waals surface area contributed by atoms with Crippen LogP contribution in [-0.4, -0.2) is 20.6 Å². The molecule has 36 heavy (non-hydrogen) atoms. The van der Waals surface area contributed by atoms with Crippen LogP contribution < -0.4 is 15.7 Å². The number of rotatable bonds is 6. The second-order valence-corrected chi connectivity index (χ2v) is 11.2. The lowest BCUT2D eigenvalue weighted by molar-refractivity contribution is -0.116.